The molecular formula is C23H24FN3O7S2. The minimum Gasteiger partial charge on any atom is -0.509 e. The molecule has 3 N–H and O–H groups in total. The Kier molecular flexibility index (Phi) is 6.22. The summed E-state index contributed by atoms with van der Waals surface area (Å²) in [6, 6.07) is 8.72. The lowest BCUT2D eigenvalue weighted by atomic mass is 9.84. The summed E-state index contributed by atoms with van der Waals surface area (Å²) in [5.41, 5.74) is -0.642. The van der Waals surface area contributed by atoms with Gasteiger partial charge >= 0.3 is 0 Å². The summed E-state index contributed by atoms with van der Waals surface area (Å²) in [6.45, 7) is 5.45. The van der Waals surface area contributed by atoms with Gasteiger partial charge in [0.1, 0.15) is 33.5 Å². The van der Waals surface area contributed by atoms with Crippen molar-refractivity contribution in [3.63, 3.8) is 0 Å². The van der Waals surface area contributed by atoms with Gasteiger partial charge < -0.3 is 14.7 Å². The van der Waals surface area contributed by atoms with E-state index in [0.29, 0.717) is 5.56 Å². The van der Waals surface area contributed by atoms with Crippen molar-refractivity contribution in [3.05, 3.63) is 70.7 Å². The van der Waals surface area contributed by atoms with Gasteiger partial charge in [0.2, 0.25) is 16.0 Å². The summed E-state index contributed by atoms with van der Waals surface area (Å²) in [7, 11) is -8.48. The van der Waals surface area contributed by atoms with Crippen molar-refractivity contribution in [2.75, 3.05) is 5.94 Å². The summed E-state index contributed by atoms with van der Waals surface area (Å²) < 4.78 is 70.8. The van der Waals surface area contributed by atoms with Gasteiger partial charge in [-0.25, -0.2) is 17.9 Å². The molecular weight excluding hydrogens is 513 g/mol. The fourth-order valence-corrected chi connectivity index (χ4v) is 5.96. The molecule has 0 bridgehead atoms. The van der Waals surface area contributed by atoms with Crippen LogP contribution in [0.4, 0.5) is 4.39 Å². The molecule has 36 heavy (non-hydrogen) atoms. The van der Waals surface area contributed by atoms with Gasteiger partial charge in [0.15, 0.2) is 0 Å². The lowest BCUT2D eigenvalue weighted by Crippen LogP contribution is -2.43. The second-order valence-electron chi connectivity index (χ2n) is 9.56. The molecule has 2 aromatic carbocycles. The lowest BCUT2D eigenvalue weighted by molar-refractivity contribution is -0.129. The van der Waals surface area contributed by atoms with Crippen LogP contribution in [-0.4, -0.2) is 50.4 Å². The van der Waals surface area contributed by atoms with Gasteiger partial charge in [0.25, 0.3) is 15.9 Å². The van der Waals surface area contributed by atoms with Crippen LogP contribution in [0.5, 0.6) is 5.75 Å². The summed E-state index contributed by atoms with van der Waals surface area (Å²) >= 11 is 0. The molecule has 0 unspecified atom stereocenters. The average molecular weight is 538 g/mol. The van der Waals surface area contributed by atoms with E-state index in [2.05, 4.69) is 4.40 Å². The first-order chi connectivity index (χ1) is 16.6. The quantitative estimate of drug-likeness (QED) is 0.572. The van der Waals surface area contributed by atoms with E-state index < -0.39 is 54.1 Å². The number of carbonyl (C=O) groups excluding carboxylic acids is 1. The van der Waals surface area contributed by atoms with E-state index in [1.807, 2.05) is 20.8 Å². The smallest absolute Gasteiger partial charge is 0.287 e. The Hall–Kier alpha value is -3.29. The largest absolute Gasteiger partial charge is 0.509 e. The van der Waals surface area contributed by atoms with Gasteiger partial charge in [0.05, 0.1) is 6.04 Å². The monoisotopic (exact) mass is 537 g/mol. The number of rotatable bonds is 6. The Morgan fingerprint density at radius 2 is 1.81 bits per heavy atom. The number of halogens is 1. The Morgan fingerprint density at radius 3 is 2.39 bits per heavy atom. The first-order valence-electron chi connectivity index (χ1n) is 10.7. The highest BCUT2D eigenvalue weighted by molar-refractivity contribution is 7.91. The van der Waals surface area contributed by atoms with E-state index >= 15 is 0 Å². The molecule has 0 fully saturated rings. The molecule has 0 radical (unpaired) electrons. The SMILES string of the molecule is CC(C)(C)[C@H]1C(O)=C(C2=NS(=O)(=O)c3c(OCS(N)(=O)=O)cccc32)C(=O)N1Cc1ccc(F)cc1. The van der Waals surface area contributed by atoms with Gasteiger partial charge in [-0.05, 0) is 29.2 Å². The summed E-state index contributed by atoms with van der Waals surface area (Å²) in [6.07, 6.45) is 0. The molecule has 1 atom stereocenters. The predicted molar refractivity (Wildman–Crippen MR) is 129 cm³/mol. The fourth-order valence-electron chi connectivity index (χ4n) is 4.33. The number of hydrogen-bond acceptors (Lipinski definition) is 7. The molecule has 0 aliphatic carbocycles. The Bertz CT molecular complexity index is 1520. The Balaban J connectivity index is 1.80. The predicted octanol–water partition coefficient (Wildman–Crippen LogP) is 2.21. The molecule has 13 heteroatoms. The van der Waals surface area contributed by atoms with E-state index in [-0.39, 0.29) is 34.9 Å². The Morgan fingerprint density at radius 1 is 1.17 bits per heavy atom. The average Bonchev–Trinajstić information content (AvgIpc) is 3.17. The highest BCUT2D eigenvalue weighted by atomic mass is 32.2. The number of primary sulfonamides is 1. The number of ether oxygens (including phenoxy) is 1. The van der Waals surface area contributed by atoms with Crippen LogP contribution >= 0.6 is 0 Å². The molecule has 2 aliphatic heterocycles. The second-order valence-corrected chi connectivity index (χ2v) is 12.7. The van der Waals surface area contributed by atoms with Crippen LogP contribution < -0.4 is 9.88 Å². The highest BCUT2D eigenvalue weighted by Gasteiger charge is 2.49. The van der Waals surface area contributed by atoms with E-state index in [9.17, 15) is 31.1 Å². The zero-order chi connectivity index (χ0) is 26.6. The molecule has 2 aromatic rings. The van der Waals surface area contributed by atoms with Crippen molar-refractivity contribution in [3.8, 4) is 5.75 Å². The van der Waals surface area contributed by atoms with Crippen LogP contribution in [-0.2, 0) is 31.4 Å². The highest BCUT2D eigenvalue weighted by Crippen LogP contribution is 2.42. The topological polar surface area (TPSA) is 156 Å². The number of carbonyl (C=O) groups is 1. The summed E-state index contributed by atoms with van der Waals surface area (Å²) in [4.78, 5) is 14.6. The van der Waals surface area contributed by atoms with Crippen LogP contribution in [0.25, 0.3) is 0 Å². The minimum atomic E-state index is -4.40. The first kappa shape index (κ1) is 25.8. The zero-order valence-corrected chi connectivity index (χ0v) is 21.2. The number of amides is 1. The van der Waals surface area contributed by atoms with E-state index in [1.165, 1.54) is 47.4 Å². The zero-order valence-electron chi connectivity index (χ0n) is 19.6. The molecule has 1 amide bonds. The maximum absolute atomic E-state index is 13.6. The normalized spacial score (nSPS) is 19.5. The number of hydrogen-bond donors (Lipinski definition) is 2. The molecule has 2 aliphatic rings. The molecule has 0 spiro atoms. The summed E-state index contributed by atoms with van der Waals surface area (Å²) in [5.74, 6) is -2.73. The van der Waals surface area contributed by atoms with Crippen molar-refractivity contribution >= 4 is 31.7 Å². The van der Waals surface area contributed by atoms with Crippen LogP contribution in [0.1, 0.15) is 31.9 Å². The van der Waals surface area contributed by atoms with Crippen molar-refractivity contribution in [1.29, 1.82) is 0 Å². The van der Waals surface area contributed by atoms with Gasteiger partial charge in [0, 0.05) is 12.1 Å². The number of sulfonamides is 2. The molecule has 4 rings (SSSR count). The summed E-state index contributed by atoms with van der Waals surface area (Å²) in [5, 5.41) is 16.2. The number of aliphatic hydroxyl groups excluding tert-OH is 1. The van der Waals surface area contributed by atoms with Crippen molar-refractivity contribution in [2.45, 2.75) is 38.3 Å². The Labute approximate surface area is 208 Å². The third-order valence-electron chi connectivity index (χ3n) is 5.71. The van der Waals surface area contributed by atoms with Crippen LogP contribution in [0.3, 0.4) is 0 Å². The molecule has 2 heterocycles. The maximum Gasteiger partial charge on any atom is 0.287 e. The number of nitrogens with zero attached hydrogens (tertiary/aromatic N) is 2. The van der Waals surface area contributed by atoms with Gasteiger partial charge in [-0.15, -0.1) is 0 Å². The fraction of sp³-hybridized carbons (Fsp3) is 0.304. The minimum absolute atomic E-state index is 0.0203. The molecule has 0 saturated carbocycles. The van der Waals surface area contributed by atoms with Crippen molar-refractivity contribution in [1.82, 2.24) is 4.90 Å². The number of aliphatic hydroxyl groups is 1. The van der Waals surface area contributed by atoms with E-state index in [0.717, 1.165) is 0 Å². The third kappa shape index (κ3) is 4.73. The second kappa shape index (κ2) is 8.68. The van der Waals surface area contributed by atoms with E-state index in [4.69, 9.17) is 9.88 Å². The van der Waals surface area contributed by atoms with Crippen molar-refractivity contribution < 1.29 is 35.9 Å². The number of fused-ring (bicyclic) bond motifs is 1. The first-order valence-corrected chi connectivity index (χ1v) is 13.9. The number of benzene rings is 2. The van der Waals surface area contributed by atoms with E-state index in [1.54, 1.807) is 0 Å². The molecule has 10 nitrogen and oxygen atoms in total. The lowest BCUT2D eigenvalue weighted by Gasteiger charge is -2.35. The number of nitrogens with two attached hydrogens (primary N) is 1. The molecule has 0 saturated heterocycles. The van der Waals surface area contributed by atoms with Crippen molar-refractivity contribution in [2.24, 2.45) is 15.0 Å². The van der Waals surface area contributed by atoms with Crippen LogP contribution in [0.15, 0.2) is 63.1 Å². The van der Waals surface area contributed by atoms with Crippen LogP contribution in [0.2, 0.25) is 0 Å². The van der Waals surface area contributed by atoms with Gasteiger partial charge in [-0.3, -0.25) is 4.79 Å². The van der Waals surface area contributed by atoms with Gasteiger partial charge in [-0.2, -0.15) is 12.8 Å². The standard InChI is InChI=1S/C23H24FN3O7S2/c1-23(2,3)21-19(28)17(22(29)27(21)11-13-7-9-14(24)10-8-13)18-15-5-4-6-16(34-12-35(25,30)31)20(15)36(32,33)26-18/h4-10,21,28H,11-12H2,1-3H3,(H2,25,30,31)/t21-/m1/s1. The molecule has 0 aromatic heterocycles. The third-order valence-corrected chi connectivity index (χ3v) is 7.51. The maximum atomic E-state index is 13.6. The molecule has 192 valence electrons. The van der Waals surface area contributed by atoms with Gasteiger partial charge in [-0.1, -0.05) is 45.0 Å². The van der Waals surface area contributed by atoms with Crippen LogP contribution in [0, 0.1) is 11.2 Å².